The molecular formula is C13H18N4O2. The van der Waals surface area contributed by atoms with E-state index in [1.165, 1.54) is 0 Å². The van der Waals surface area contributed by atoms with Gasteiger partial charge in [0.15, 0.2) is 0 Å². The Morgan fingerprint density at radius 3 is 3.00 bits per heavy atom. The van der Waals surface area contributed by atoms with Gasteiger partial charge < -0.3 is 20.2 Å². The maximum absolute atomic E-state index is 9.39. The summed E-state index contributed by atoms with van der Waals surface area (Å²) in [7, 11) is 1.77. The summed E-state index contributed by atoms with van der Waals surface area (Å²) >= 11 is 0. The number of aliphatic hydroxyl groups is 1. The molecule has 0 aliphatic heterocycles. The lowest BCUT2D eigenvalue weighted by atomic mass is 10.0. The number of nitrogens with zero attached hydrogens (tertiary/aromatic N) is 2. The molecule has 0 fully saturated rings. The van der Waals surface area contributed by atoms with Gasteiger partial charge in [0, 0.05) is 32.3 Å². The van der Waals surface area contributed by atoms with Gasteiger partial charge in [-0.25, -0.2) is 4.98 Å². The molecule has 0 aliphatic carbocycles. The van der Waals surface area contributed by atoms with Crippen LogP contribution in [-0.2, 0) is 6.42 Å². The molecule has 2 aromatic rings. The van der Waals surface area contributed by atoms with Crippen LogP contribution in [0.2, 0.25) is 0 Å². The third kappa shape index (κ3) is 3.96. The SMILES string of the molecule is CNc1nccc(NCC(CO)Cc2ccoc2)n1. The van der Waals surface area contributed by atoms with E-state index in [2.05, 4.69) is 20.6 Å². The molecule has 0 bridgehead atoms. The van der Waals surface area contributed by atoms with Crippen LogP contribution in [0.5, 0.6) is 0 Å². The molecule has 1 unspecified atom stereocenters. The van der Waals surface area contributed by atoms with Crippen molar-refractivity contribution in [3.63, 3.8) is 0 Å². The predicted molar refractivity (Wildman–Crippen MR) is 73.1 cm³/mol. The largest absolute Gasteiger partial charge is 0.472 e. The van der Waals surface area contributed by atoms with Gasteiger partial charge in [0.05, 0.1) is 12.5 Å². The molecular weight excluding hydrogens is 244 g/mol. The fraction of sp³-hybridized carbons (Fsp3) is 0.385. The van der Waals surface area contributed by atoms with E-state index in [0.29, 0.717) is 12.5 Å². The summed E-state index contributed by atoms with van der Waals surface area (Å²) in [6, 6.07) is 3.71. The standard InChI is InChI=1S/C13H18N4O2/c1-14-13-15-4-2-12(17-13)16-7-11(8-18)6-10-3-5-19-9-10/h2-5,9,11,18H,6-8H2,1H3,(H2,14,15,16,17). The Labute approximate surface area is 111 Å². The molecule has 0 spiro atoms. The van der Waals surface area contributed by atoms with Gasteiger partial charge in [0.1, 0.15) is 5.82 Å². The van der Waals surface area contributed by atoms with E-state index in [-0.39, 0.29) is 12.5 Å². The molecule has 2 heterocycles. The van der Waals surface area contributed by atoms with Gasteiger partial charge >= 0.3 is 0 Å². The molecule has 0 radical (unpaired) electrons. The van der Waals surface area contributed by atoms with Gasteiger partial charge in [0.25, 0.3) is 0 Å². The van der Waals surface area contributed by atoms with Gasteiger partial charge in [0.2, 0.25) is 5.95 Å². The number of hydrogen-bond donors (Lipinski definition) is 3. The molecule has 3 N–H and O–H groups in total. The lowest BCUT2D eigenvalue weighted by Gasteiger charge is -2.14. The van der Waals surface area contributed by atoms with Crippen LogP contribution in [0.25, 0.3) is 0 Å². The average molecular weight is 262 g/mol. The zero-order valence-corrected chi connectivity index (χ0v) is 10.8. The molecule has 19 heavy (non-hydrogen) atoms. The Kier molecular flexibility index (Phi) is 4.74. The van der Waals surface area contributed by atoms with Crippen molar-refractivity contribution in [2.24, 2.45) is 5.92 Å². The highest BCUT2D eigenvalue weighted by Crippen LogP contribution is 2.11. The minimum absolute atomic E-state index is 0.113. The van der Waals surface area contributed by atoms with Crippen molar-refractivity contribution >= 4 is 11.8 Å². The van der Waals surface area contributed by atoms with Gasteiger partial charge in [-0.05, 0) is 24.1 Å². The smallest absolute Gasteiger partial charge is 0.224 e. The van der Waals surface area contributed by atoms with E-state index >= 15 is 0 Å². The second-order valence-corrected chi connectivity index (χ2v) is 4.28. The molecule has 0 aromatic carbocycles. The lowest BCUT2D eigenvalue weighted by molar-refractivity contribution is 0.232. The number of nitrogens with one attached hydrogen (secondary N) is 2. The lowest BCUT2D eigenvalue weighted by Crippen LogP contribution is -2.20. The van der Waals surface area contributed by atoms with E-state index in [0.717, 1.165) is 17.8 Å². The first-order chi connectivity index (χ1) is 9.31. The first-order valence-corrected chi connectivity index (χ1v) is 6.18. The minimum Gasteiger partial charge on any atom is -0.472 e. The topological polar surface area (TPSA) is 83.2 Å². The summed E-state index contributed by atoms with van der Waals surface area (Å²) in [5, 5.41) is 15.5. The first kappa shape index (κ1) is 13.4. The van der Waals surface area contributed by atoms with E-state index in [1.54, 1.807) is 31.8 Å². The highest BCUT2D eigenvalue weighted by molar-refractivity contribution is 5.39. The van der Waals surface area contributed by atoms with Crippen molar-refractivity contribution in [2.45, 2.75) is 6.42 Å². The van der Waals surface area contributed by atoms with E-state index in [9.17, 15) is 5.11 Å². The van der Waals surface area contributed by atoms with Crippen LogP contribution >= 0.6 is 0 Å². The molecule has 0 saturated carbocycles. The minimum atomic E-state index is 0.113. The normalized spacial score (nSPS) is 12.1. The highest BCUT2D eigenvalue weighted by Gasteiger charge is 2.10. The van der Waals surface area contributed by atoms with Gasteiger partial charge in [-0.3, -0.25) is 0 Å². The first-order valence-electron chi connectivity index (χ1n) is 6.18. The molecule has 6 heteroatoms. The molecule has 0 saturated heterocycles. The van der Waals surface area contributed by atoms with Gasteiger partial charge in [-0.1, -0.05) is 0 Å². The molecule has 0 aliphatic rings. The fourth-order valence-electron chi connectivity index (χ4n) is 1.77. The summed E-state index contributed by atoms with van der Waals surface area (Å²) < 4.78 is 5.02. The zero-order valence-electron chi connectivity index (χ0n) is 10.8. The third-order valence-corrected chi connectivity index (χ3v) is 2.81. The summed E-state index contributed by atoms with van der Waals surface area (Å²) in [6.45, 7) is 0.754. The molecule has 2 aromatic heterocycles. The maximum Gasteiger partial charge on any atom is 0.224 e. The second-order valence-electron chi connectivity index (χ2n) is 4.28. The average Bonchev–Trinajstić information content (AvgIpc) is 2.96. The number of hydrogen-bond acceptors (Lipinski definition) is 6. The van der Waals surface area contributed by atoms with Crippen LogP contribution in [-0.4, -0.2) is 35.3 Å². The predicted octanol–water partition coefficient (Wildman–Crippen LogP) is 1.37. The van der Waals surface area contributed by atoms with Crippen LogP contribution in [0.4, 0.5) is 11.8 Å². The van der Waals surface area contributed by atoms with Crippen molar-refractivity contribution in [2.75, 3.05) is 30.8 Å². The third-order valence-electron chi connectivity index (χ3n) is 2.81. The number of aliphatic hydroxyl groups excluding tert-OH is 1. The summed E-state index contributed by atoms with van der Waals surface area (Å²) in [5.41, 5.74) is 1.08. The Bertz CT molecular complexity index is 487. The quantitative estimate of drug-likeness (QED) is 0.699. The highest BCUT2D eigenvalue weighted by atomic mass is 16.3. The number of aromatic nitrogens is 2. The summed E-state index contributed by atoms with van der Waals surface area (Å²) in [5.74, 6) is 1.43. The summed E-state index contributed by atoms with van der Waals surface area (Å²) in [6.07, 6.45) is 5.79. The van der Waals surface area contributed by atoms with Crippen LogP contribution in [0.1, 0.15) is 5.56 Å². The number of anilines is 2. The molecule has 0 amide bonds. The van der Waals surface area contributed by atoms with E-state index in [1.807, 2.05) is 6.07 Å². The molecule has 102 valence electrons. The maximum atomic E-state index is 9.39. The Morgan fingerprint density at radius 2 is 2.32 bits per heavy atom. The summed E-state index contributed by atoms with van der Waals surface area (Å²) in [4.78, 5) is 8.30. The van der Waals surface area contributed by atoms with Crippen LogP contribution in [0.15, 0.2) is 35.3 Å². The van der Waals surface area contributed by atoms with Crippen molar-refractivity contribution in [1.29, 1.82) is 0 Å². The van der Waals surface area contributed by atoms with Gasteiger partial charge in [-0.2, -0.15) is 4.98 Å². The van der Waals surface area contributed by atoms with Crippen molar-refractivity contribution in [3.8, 4) is 0 Å². The van der Waals surface area contributed by atoms with Crippen LogP contribution in [0.3, 0.4) is 0 Å². The Hall–Kier alpha value is -2.08. The fourth-order valence-corrected chi connectivity index (χ4v) is 1.77. The Balaban J connectivity index is 1.88. The zero-order chi connectivity index (χ0) is 13.5. The second kappa shape index (κ2) is 6.75. The van der Waals surface area contributed by atoms with Crippen LogP contribution < -0.4 is 10.6 Å². The Morgan fingerprint density at radius 1 is 1.42 bits per heavy atom. The molecule has 6 nitrogen and oxygen atoms in total. The number of furan rings is 1. The van der Waals surface area contributed by atoms with Crippen molar-refractivity contribution < 1.29 is 9.52 Å². The van der Waals surface area contributed by atoms with Crippen LogP contribution in [0, 0.1) is 5.92 Å². The number of rotatable bonds is 7. The van der Waals surface area contributed by atoms with Crippen molar-refractivity contribution in [1.82, 2.24) is 9.97 Å². The molecule has 2 rings (SSSR count). The van der Waals surface area contributed by atoms with Crippen molar-refractivity contribution in [3.05, 3.63) is 36.4 Å². The van der Waals surface area contributed by atoms with E-state index in [4.69, 9.17) is 4.42 Å². The van der Waals surface area contributed by atoms with Gasteiger partial charge in [-0.15, -0.1) is 0 Å². The molecule has 1 atom stereocenters. The van der Waals surface area contributed by atoms with E-state index < -0.39 is 0 Å². The monoisotopic (exact) mass is 262 g/mol.